The standard InChI is InChI=1S/C10H16N4/c1-3-6-13-10(11)14(2)9-5-4-7-12-8-9/h4-5,7-8H,3,6H2,1-2H3,(H2,11,13). The minimum absolute atomic E-state index is 0.528. The molecular weight excluding hydrogens is 176 g/mol. The van der Waals surface area contributed by atoms with Crippen molar-refractivity contribution in [1.29, 1.82) is 0 Å². The monoisotopic (exact) mass is 192 g/mol. The van der Waals surface area contributed by atoms with Crippen LogP contribution in [0.25, 0.3) is 0 Å². The summed E-state index contributed by atoms with van der Waals surface area (Å²) in [6, 6.07) is 3.82. The first-order chi connectivity index (χ1) is 6.75. The molecule has 0 spiro atoms. The van der Waals surface area contributed by atoms with E-state index in [0.717, 1.165) is 18.7 Å². The van der Waals surface area contributed by atoms with Crippen molar-refractivity contribution >= 4 is 11.6 Å². The third-order valence-electron chi connectivity index (χ3n) is 1.87. The minimum atomic E-state index is 0.528. The van der Waals surface area contributed by atoms with Crippen molar-refractivity contribution in [2.75, 3.05) is 18.5 Å². The summed E-state index contributed by atoms with van der Waals surface area (Å²) < 4.78 is 0. The lowest BCUT2D eigenvalue weighted by atomic mass is 10.4. The van der Waals surface area contributed by atoms with E-state index in [-0.39, 0.29) is 0 Å². The van der Waals surface area contributed by atoms with E-state index in [0.29, 0.717) is 5.96 Å². The Bertz CT molecular complexity index is 294. The average molecular weight is 192 g/mol. The van der Waals surface area contributed by atoms with Gasteiger partial charge in [0, 0.05) is 19.8 Å². The normalized spacial score (nSPS) is 11.4. The van der Waals surface area contributed by atoms with Gasteiger partial charge in [-0.2, -0.15) is 0 Å². The molecule has 1 rings (SSSR count). The molecule has 0 amide bonds. The largest absolute Gasteiger partial charge is 0.370 e. The van der Waals surface area contributed by atoms with Gasteiger partial charge in [-0.15, -0.1) is 0 Å². The molecule has 1 aromatic heterocycles. The fraction of sp³-hybridized carbons (Fsp3) is 0.400. The van der Waals surface area contributed by atoms with Crippen LogP contribution in [0.2, 0.25) is 0 Å². The van der Waals surface area contributed by atoms with Gasteiger partial charge in [0.15, 0.2) is 5.96 Å². The van der Waals surface area contributed by atoms with E-state index in [4.69, 9.17) is 5.73 Å². The Hall–Kier alpha value is -1.58. The maximum Gasteiger partial charge on any atom is 0.195 e. The molecule has 0 aliphatic carbocycles. The van der Waals surface area contributed by atoms with Crippen molar-refractivity contribution in [2.24, 2.45) is 10.7 Å². The molecule has 14 heavy (non-hydrogen) atoms. The first kappa shape index (κ1) is 10.5. The van der Waals surface area contributed by atoms with Gasteiger partial charge in [0.25, 0.3) is 0 Å². The van der Waals surface area contributed by atoms with Crippen molar-refractivity contribution in [3.05, 3.63) is 24.5 Å². The number of anilines is 1. The molecule has 76 valence electrons. The van der Waals surface area contributed by atoms with Crippen LogP contribution in [0.4, 0.5) is 5.69 Å². The number of nitrogens with zero attached hydrogens (tertiary/aromatic N) is 3. The van der Waals surface area contributed by atoms with Gasteiger partial charge in [-0.05, 0) is 18.6 Å². The lowest BCUT2D eigenvalue weighted by Gasteiger charge is -2.17. The molecule has 0 saturated carbocycles. The first-order valence-corrected chi connectivity index (χ1v) is 4.69. The van der Waals surface area contributed by atoms with Crippen LogP contribution in [0.1, 0.15) is 13.3 Å². The van der Waals surface area contributed by atoms with Crippen LogP contribution in [-0.2, 0) is 0 Å². The fourth-order valence-electron chi connectivity index (χ4n) is 1.02. The number of guanidine groups is 1. The Morgan fingerprint density at radius 3 is 3.00 bits per heavy atom. The average Bonchev–Trinajstić information content (AvgIpc) is 2.26. The number of hydrogen-bond donors (Lipinski definition) is 1. The van der Waals surface area contributed by atoms with E-state index in [1.165, 1.54) is 0 Å². The number of rotatable bonds is 3. The third-order valence-corrected chi connectivity index (χ3v) is 1.87. The minimum Gasteiger partial charge on any atom is -0.370 e. The predicted molar refractivity (Wildman–Crippen MR) is 59.4 cm³/mol. The SMILES string of the molecule is CCCN=C(N)N(C)c1cccnc1. The zero-order valence-corrected chi connectivity index (χ0v) is 8.64. The van der Waals surface area contributed by atoms with Gasteiger partial charge in [0.2, 0.25) is 0 Å². The number of aromatic nitrogens is 1. The van der Waals surface area contributed by atoms with Crippen LogP contribution in [0.3, 0.4) is 0 Å². The van der Waals surface area contributed by atoms with E-state index in [9.17, 15) is 0 Å². The summed E-state index contributed by atoms with van der Waals surface area (Å²) in [5, 5.41) is 0. The van der Waals surface area contributed by atoms with Crippen molar-refractivity contribution in [3.8, 4) is 0 Å². The number of pyridine rings is 1. The molecule has 0 fully saturated rings. The first-order valence-electron chi connectivity index (χ1n) is 4.69. The van der Waals surface area contributed by atoms with E-state index in [2.05, 4.69) is 16.9 Å². The number of nitrogens with two attached hydrogens (primary N) is 1. The molecule has 2 N–H and O–H groups in total. The van der Waals surface area contributed by atoms with E-state index < -0.39 is 0 Å². The quantitative estimate of drug-likeness (QED) is 0.579. The maximum absolute atomic E-state index is 5.78. The van der Waals surface area contributed by atoms with Crippen LogP contribution in [0.15, 0.2) is 29.5 Å². The molecule has 1 aromatic rings. The second-order valence-electron chi connectivity index (χ2n) is 3.01. The molecule has 0 radical (unpaired) electrons. The maximum atomic E-state index is 5.78. The third kappa shape index (κ3) is 2.73. The Kier molecular flexibility index (Phi) is 3.91. The fourth-order valence-corrected chi connectivity index (χ4v) is 1.02. The molecular formula is C10H16N4. The zero-order chi connectivity index (χ0) is 10.4. The van der Waals surface area contributed by atoms with E-state index in [1.807, 2.05) is 24.1 Å². The van der Waals surface area contributed by atoms with Crippen molar-refractivity contribution in [2.45, 2.75) is 13.3 Å². The Balaban J connectivity index is 2.70. The van der Waals surface area contributed by atoms with Gasteiger partial charge in [0.1, 0.15) is 0 Å². The Labute approximate surface area is 84.5 Å². The zero-order valence-electron chi connectivity index (χ0n) is 8.64. The van der Waals surface area contributed by atoms with Crippen LogP contribution < -0.4 is 10.6 Å². The highest BCUT2D eigenvalue weighted by Gasteiger charge is 2.03. The molecule has 4 nitrogen and oxygen atoms in total. The summed E-state index contributed by atoms with van der Waals surface area (Å²) in [5.74, 6) is 0.528. The lowest BCUT2D eigenvalue weighted by Crippen LogP contribution is -2.34. The molecule has 0 bridgehead atoms. The Morgan fingerprint density at radius 2 is 2.43 bits per heavy atom. The molecule has 0 unspecified atom stereocenters. The van der Waals surface area contributed by atoms with Crippen LogP contribution in [-0.4, -0.2) is 24.5 Å². The second-order valence-corrected chi connectivity index (χ2v) is 3.01. The van der Waals surface area contributed by atoms with Gasteiger partial charge >= 0.3 is 0 Å². The Morgan fingerprint density at radius 1 is 1.64 bits per heavy atom. The van der Waals surface area contributed by atoms with Crippen LogP contribution in [0, 0.1) is 0 Å². The van der Waals surface area contributed by atoms with Crippen LogP contribution >= 0.6 is 0 Å². The molecule has 0 aliphatic rings. The van der Waals surface area contributed by atoms with Gasteiger partial charge in [0.05, 0.1) is 11.9 Å². The predicted octanol–water partition coefficient (Wildman–Crippen LogP) is 1.24. The van der Waals surface area contributed by atoms with Gasteiger partial charge in [-0.3, -0.25) is 9.98 Å². The molecule has 0 aromatic carbocycles. The molecule has 0 saturated heterocycles. The van der Waals surface area contributed by atoms with E-state index in [1.54, 1.807) is 12.4 Å². The summed E-state index contributed by atoms with van der Waals surface area (Å²) in [7, 11) is 1.88. The highest BCUT2D eigenvalue weighted by atomic mass is 15.2. The summed E-state index contributed by atoms with van der Waals surface area (Å²) in [6.07, 6.45) is 4.49. The molecule has 0 aliphatic heterocycles. The summed E-state index contributed by atoms with van der Waals surface area (Å²) in [6.45, 7) is 2.83. The summed E-state index contributed by atoms with van der Waals surface area (Å²) in [4.78, 5) is 10.0. The topological polar surface area (TPSA) is 54.5 Å². The van der Waals surface area contributed by atoms with Crippen molar-refractivity contribution in [3.63, 3.8) is 0 Å². The summed E-state index contributed by atoms with van der Waals surface area (Å²) >= 11 is 0. The van der Waals surface area contributed by atoms with Crippen molar-refractivity contribution in [1.82, 2.24) is 4.98 Å². The van der Waals surface area contributed by atoms with Gasteiger partial charge in [-0.25, -0.2) is 0 Å². The molecule has 0 atom stereocenters. The second kappa shape index (κ2) is 5.21. The smallest absolute Gasteiger partial charge is 0.195 e. The van der Waals surface area contributed by atoms with E-state index >= 15 is 0 Å². The van der Waals surface area contributed by atoms with Gasteiger partial charge in [-0.1, -0.05) is 6.92 Å². The van der Waals surface area contributed by atoms with Crippen LogP contribution in [0.5, 0.6) is 0 Å². The summed E-state index contributed by atoms with van der Waals surface area (Å²) in [5.41, 5.74) is 6.73. The highest BCUT2D eigenvalue weighted by molar-refractivity contribution is 5.94. The molecule has 1 heterocycles. The highest BCUT2D eigenvalue weighted by Crippen LogP contribution is 2.08. The number of aliphatic imine (C=N–C) groups is 1. The van der Waals surface area contributed by atoms with Crippen molar-refractivity contribution < 1.29 is 0 Å². The van der Waals surface area contributed by atoms with Gasteiger partial charge < -0.3 is 10.6 Å². The number of hydrogen-bond acceptors (Lipinski definition) is 2. The lowest BCUT2D eigenvalue weighted by molar-refractivity contribution is 0.922. The molecule has 4 heteroatoms.